The molecule has 8 heteroatoms. The number of amidine groups is 1. The third-order valence-corrected chi connectivity index (χ3v) is 6.84. The zero-order valence-electron chi connectivity index (χ0n) is 23.9. The Balaban J connectivity index is 0.000000212. The zero-order valence-corrected chi connectivity index (χ0v) is 23.9. The Morgan fingerprint density at radius 3 is 2.13 bits per heavy atom. The number of hydrogen-bond acceptors (Lipinski definition) is 6. The van der Waals surface area contributed by atoms with E-state index < -0.39 is 0 Å². The first kappa shape index (κ1) is 29.0. The van der Waals surface area contributed by atoms with Crippen molar-refractivity contribution in [2.45, 2.75) is 72.3 Å². The van der Waals surface area contributed by atoms with Gasteiger partial charge in [-0.1, -0.05) is 20.8 Å². The van der Waals surface area contributed by atoms with Crippen LogP contribution in [0.3, 0.4) is 0 Å². The molecule has 8 nitrogen and oxygen atoms in total. The van der Waals surface area contributed by atoms with E-state index in [0.29, 0.717) is 36.0 Å². The number of amides is 1. The van der Waals surface area contributed by atoms with Gasteiger partial charge in [-0.25, -0.2) is 0 Å². The van der Waals surface area contributed by atoms with Crippen molar-refractivity contribution >= 4 is 23.7 Å². The molecule has 1 spiro atoms. The molecule has 4 rings (SSSR count). The zero-order chi connectivity index (χ0) is 28.3. The van der Waals surface area contributed by atoms with Crippen molar-refractivity contribution in [3.63, 3.8) is 0 Å². The molecule has 0 bridgehead atoms. The molecule has 0 aromatic heterocycles. The molecular weight excluding hydrogens is 482 g/mol. The molecular formula is C30H41N3O5. The summed E-state index contributed by atoms with van der Waals surface area (Å²) in [7, 11) is 1.55. The molecule has 1 saturated carbocycles. The fraction of sp³-hybridized carbons (Fsp3) is 0.500. The second kappa shape index (κ2) is 11.5. The van der Waals surface area contributed by atoms with Gasteiger partial charge in [0.2, 0.25) is 5.91 Å². The molecule has 1 aliphatic carbocycles. The average Bonchev–Trinajstić information content (AvgIpc) is 3.61. The lowest BCUT2D eigenvalue weighted by Gasteiger charge is -2.25. The molecule has 0 unspecified atom stereocenters. The van der Waals surface area contributed by atoms with E-state index in [2.05, 4.69) is 23.2 Å². The number of hydrogen-bond donors (Lipinski definition) is 2. The van der Waals surface area contributed by atoms with E-state index in [0.717, 1.165) is 48.3 Å². The first-order chi connectivity index (χ1) is 18.0. The molecule has 1 aliphatic heterocycles. The van der Waals surface area contributed by atoms with Crippen molar-refractivity contribution < 1.29 is 23.8 Å². The minimum Gasteiger partial charge on any atom is -0.494 e. The van der Waals surface area contributed by atoms with Crippen molar-refractivity contribution in [1.82, 2.24) is 4.90 Å². The number of benzene rings is 2. The van der Waals surface area contributed by atoms with Gasteiger partial charge in [0.05, 0.1) is 31.5 Å². The molecule has 0 atom stereocenters. The SMILES string of the molecule is CCOc1cc2c(cc1OCC)C1(CC1)N(CC)C2=N.COc1c(NC(C)=O)cc(C=O)cc1C(C)(C)C. The van der Waals surface area contributed by atoms with Crippen LogP contribution in [0.2, 0.25) is 0 Å². The maximum atomic E-state index is 11.2. The van der Waals surface area contributed by atoms with E-state index in [-0.39, 0.29) is 16.9 Å². The van der Waals surface area contributed by atoms with E-state index in [9.17, 15) is 9.59 Å². The van der Waals surface area contributed by atoms with Crippen LogP contribution in [0.15, 0.2) is 24.3 Å². The highest BCUT2D eigenvalue weighted by molar-refractivity contribution is 6.03. The molecule has 0 radical (unpaired) electrons. The Labute approximate surface area is 226 Å². The predicted molar refractivity (Wildman–Crippen MR) is 150 cm³/mol. The van der Waals surface area contributed by atoms with Crippen LogP contribution in [0, 0.1) is 5.41 Å². The number of nitrogens with zero attached hydrogens (tertiary/aromatic N) is 1. The predicted octanol–water partition coefficient (Wildman–Crippen LogP) is 5.90. The van der Waals surface area contributed by atoms with Gasteiger partial charge in [-0.2, -0.15) is 0 Å². The monoisotopic (exact) mass is 523 g/mol. The molecule has 1 fully saturated rings. The highest BCUT2D eigenvalue weighted by Crippen LogP contribution is 2.57. The second-order valence-corrected chi connectivity index (χ2v) is 10.5. The number of methoxy groups -OCH3 is 1. The summed E-state index contributed by atoms with van der Waals surface area (Å²) in [4.78, 5) is 24.4. The summed E-state index contributed by atoms with van der Waals surface area (Å²) in [5.74, 6) is 2.60. The number of fused-ring (bicyclic) bond motifs is 2. The Hall–Kier alpha value is -3.55. The number of nitrogens with one attached hydrogen (secondary N) is 2. The van der Waals surface area contributed by atoms with E-state index in [4.69, 9.17) is 19.6 Å². The van der Waals surface area contributed by atoms with E-state index in [1.54, 1.807) is 19.2 Å². The van der Waals surface area contributed by atoms with Crippen LogP contribution < -0.4 is 19.5 Å². The fourth-order valence-electron chi connectivity index (χ4n) is 5.08. The maximum absolute atomic E-state index is 11.2. The molecule has 206 valence electrons. The van der Waals surface area contributed by atoms with Gasteiger partial charge >= 0.3 is 0 Å². The fourth-order valence-corrected chi connectivity index (χ4v) is 5.08. The molecule has 0 saturated heterocycles. The second-order valence-electron chi connectivity index (χ2n) is 10.5. The van der Waals surface area contributed by atoms with Gasteiger partial charge in [0.15, 0.2) is 11.5 Å². The first-order valence-corrected chi connectivity index (χ1v) is 13.2. The van der Waals surface area contributed by atoms with Crippen molar-refractivity contribution in [2.75, 3.05) is 32.2 Å². The van der Waals surface area contributed by atoms with Gasteiger partial charge in [-0.3, -0.25) is 15.0 Å². The summed E-state index contributed by atoms with van der Waals surface area (Å²) in [6.45, 7) is 15.7. The molecule has 38 heavy (non-hydrogen) atoms. The minimum absolute atomic E-state index is 0.0672. The third kappa shape index (κ3) is 5.64. The first-order valence-electron chi connectivity index (χ1n) is 13.2. The topological polar surface area (TPSA) is 101 Å². The van der Waals surface area contributed by atoms with Gasteiger partial charge in [0, 0.05) is 30.2 Å². The maximum Gasteiger partial charge on any atom is 0.221 e. The van der Waals surface area contributed by atoms with Crippen LogP contribution in [0.1, 0.15) is 88.4 Å². The van der Waals surface area contributed by atoms with E-state index in [1.807, 2.05) is 40.7 Å². The lowest BCUT2D eigenvalue weighted by molar-refractivity contribution is -0.114. The van der Waals surface area contributed by atoms with Crippen LogP contribution in [-0.4, -0.2) is 49.8 Å². The lowest BCUT2D eigenvalue weighted by atomic mass is 9.85. The molecule has 2 N–H and O–H groups in total. The summed E-state index contributed by atoms with van der Waals surface area (Å²) >= 11 is 0. The van der Waals surface area contributed by atoms with Crippen LogP contribution >= 0.6 is 0 Å². The summed E-state index contributed by atoms with van der Waals surface area (Å²) in [5, 5.41) is 11.1. The number of aldehydes is 1. The Morgan fingerprint density at radius 1 is 1.08 bits per heavy atom. The minimum atomic E-state index is -0.198. The van der Waals surface area contributed by atoms with E-state index in [1.165, 1.54) is 12.5 Å². The number of carbonyl (C=O) groups is 2. The highest BCUT2D eigenvalue weighted by Gasteiger charge is 2.56. The third-order valence-electron chi connectivity index (χ3n) is 6.84. The Bertz CT molecular complexity index is 1210. The van der Waals surface area contributed by atoms with Gasteiger partial charge in [0.25, 0.3) is 0 Å². The number of ether oxygens (including phenoxy) is 3. The van der Waals surface area contributed by atoms with Crippen LogP contribution in [0.25, 0.3) is 0 Å². The summed E-state index contributed by atoms with van der Waals surface area (Å²) in [5.41, 5.74) is 4.07. The lowest BCUT2D eigenvalue weighted by Crippen LogP contribution is -2.33. The number of rotatable bonds is 8. The quantitative estimate of drug-likeness (QED) is 0.418. The smallest absolute Gasteiger partial charge is 0.221 e. The number of carbonyl (C=O) groups excluding carboxylic acids is 2. The van der Waals surface area contributed by atoms with Crippen LogP contribution in [-0.2, 0) is 15.7 Å². The summed E-state index contributed by atoms with van der Waals surface area (Å²) in [6, 6.07) is 7.49. The van der Waals surface area contributed by atoms with Crippen LogP contribution in [0.4, 0.5) is 5.69 Å². The van der Waals surface area contributed by atoms with Gasteiger partial charge in [-0.15, -0.1) is 0 Å². The summed E-state index contributed by atoms with van der Waals surface area (Å²) < 4.78 is 16.8. The summed E-state index contributed by atoms with van der Waals surface area (Å²) in [6.07, 6.45) is 3.03. The molecule has 1 amide bonds. The number of anilines is 1. The molecule has 2 aromatic rings. The highest BCUT2D eigenvalue weighted by atomic mass is 16.5. The van der Waals surface area contributed by atoms with Gasteiger partial charge in [0.1, 0.15) is 17.9 Å². The Morgan fingerprint density at radius 2 is 1.68 bits per heavy atom. The van der Waals surface area contributed by atoms with Crippen molar-refractivity contribution in [3.05, 3.63) is 46.5 Å². The van der Waals surface area contributed by atoms with Gasteiger partial charge < -0.3 is 24.4 Å². The molecule has 2 aliphatic rings. The van der Waals surface area contributed by atoms with Crippen LogP contribution in [0.5, 0.6) is 17.2 Å². The van der Waals surface area contributed by atoms with Gasteiger partial charge in [-0.05, 0) is 68.9 Å². The standard InChI is InChI=1S/C16H22N2O2.C14H19NO3/c1-4-18-15(17)11-9-13(19-5-2)14(20-6-3)10-12(11)16(18)7-8-16;1-9(17)15-12-7-10(8-16)6-11(13(12)18-5)14(2,3)4/h9-10,17H,4-8H2,1-3H3;6-8H,1-5H3,(H,15,17). The normalized spacial score (nSPS) is 14.8. The van der Waals surface area contributed by atoms with Crippen molar-refractivity contribution in [3.8, 4) is 17.2 Å². The Kier molecular flexibility index (Phi) is 8.75. The largest absolute Gasteiger partial charge is 0.494 e. The average molecular weight is 524 g/mol. The van der Waals surface area contributed by atoms with Crippen molar-refractivity contribution in [1.29, 1.82) is 5.41 Å². The van der Waals surface area contributed by atoms with Crippen molar-refractivity contribution in [2.24, 2.45) is 0 Å². The molecule has 2 aromatic carbocycles. The molecule has 1 heterocycles. The van der Waals surface area contributed by atoms with E-state index >= 15 is 0 Å².